The summed E-state index contributed by atoms with van der Waals surface area (Å²) in [6.07, 6.45) is 2.85. The minimum absolute atomic E-state index is 0.0281. The van der Waals surface area contributed by atoms with E-state index in [4.69, 9.17) is 0 Å². The van der Waals surface area contributed by atoms with Crippen molar-refractivity contribution in [3.05, 3.63) is 47.2 Å². The van der Waals surface area contributed by atoms with Crippen LogP contribution in [0, 0.1) is 13.8 Å². The SMILES string of the molecule is Cc1cccc(CC(=O)NCCNc2nc(C)cc(N3CCCC3)n2)c1. The highest BCUT2D eigenvalue weighted by atomic mass is 16.1. The summed E-state index contributed by atoms with van der Waals surface area (Å²) in [4.78, 5) is 23.4. The van der Waals surface area contributed by atoms with Crippen LogP contribution in [0.2, 0.25) is 0 Å². The third-order valence-corrected chi connectivity index (χ3v) is 4.45. The number of rotatable bonds is 7. The standard InChI is InChI=1S/C20H27N5O/c1-15-6-5-7-17(12-15)14-19(26)21-8-9-22-20-23-16(2)13-18(24-20)25-10-3-4-11-25/h5-7,12-13H,3-4,8-11,14H2,1-2H3,(H,21,26)(H,22,23,24). The van der Waals surface area contributed by atoms with Gasteiger partial charge in [0.2, 0.25) is 11.9 Å². The second kappa shape index (κ2) is 8.65. The van der Waals surface area contributed by atoms with E-state index in [2.05, 4.69) is 25.5 Å². The lowest BCUT2D eigenvalue weighted by Crippen LogP contribution is -2.30. The summed E-state index contributed by atoms with van der Waals surface area (Å²) in [7, 11) is 0. The first-order chi connectivity index (χ1) is 12.6. The van der Waals surface area contributed by atoms with Crippen LogP contribution in [-0.4, -0.2) is 42.1 Å². The lowest BCUT2D eigenvalue weighted by Gasteiger charge is -2.17. The maximum atomic E-state index is 12.0. The Morgan fingerprint density at radius 2 is 1.92 bits per heavy atom. The number of hydrogen-bond donors (Lipinski definition) is 2. The van der Waals surface area contributed by atoms with E-state index in [9.17, 15) is 4.79 Å². The van der Waals surface area contributed by atoms with Crippen LogP contribution in [0.5, 0.6) is 0 Å². The fraction of sp³-hybridized carbons (Fsp3) is 0.450. The van der Waals surface area contributed by atoms with Gasteiger partial charge in [0.25, 0.3) is 0 Å². The smallest absolute Gasteiger partial charge is 0.224 e. The monoisotopic (exact) mass is 353 g/mol. The van der Waals surface area contributed by atoms with Crippen molar-refractivity contribution in [2.24, 2.45) is 0 Å². The molecular formula is C20H27N5O. The molecule has 1 aromatic carbocycles. The van der Waals surface area contributed by atoms with Crippen molar-refractivity contribution in [2.45, 2.75) is 33.1 Å². The largest absolute Gasteiger partial charge is 0.356 e. The molecule has 0 saturated carbocycles. The summed E-state index contributed by atoms with van der Waals surface area (Å²) in [5.74, 6) is 1.64. The Morgan fingerprint density at radius 3 is 2.69 bits per heavy atom. The van der Waals surface area contributed by atoms with Crippen LogP contribution in [-0.2, 0) is 11.2 Å². The Balaban J connectivity index is 1.45. The molecule has 2 heterocycles. The van der Waals surface area contributed by atoms with Crippen LogP contribution < -0.4 is 15.5 Å². The molecule has 2 N–H and O–H groups in total. The highest BCUT2D eigenvalue weighted by molar-refractivity contribution is 5.78. The van der Waals surface area contributed by atoms with Crippen molar-refractivity contribution >= 4 is 17.7 Å². The van der Waals surface area contributed by atoms with Gasteiger partial charge in [-0.1, -0.05) is 29.8 Å². The number of hydrogen-bond acceptors (Lipinski definition) is 5. The van der Waals surface area contributed by atoms with Gasteiger partial charge in [0.05, 0.1) is 6.42 Å². The first kappa shape index (κ1) is 18.2. The predicted octanol–water partition coefficient (Wildman–Crippen LogP) is 2.46. The lowest BCUT2D eigenvalue weighted by atomic mass is 10.1. The molecule has 0 atom stereocenters. The summed E-state index contributed by atoms with van der Waals surface area (Å²) in [5, 5.41) is 6.15. The minimum atomic E-state index is 0.0281. The summed E-state index contributed by atoms with van der Waals surface area (Å²) >= 11 is 0. The number of nitrogens with zero attached hydrogens (tertiary/aromatic N) is 3. The molecule has 138 valence electrons. The second-order valence-electron chi connectivity index (χ2n) is 6.83. The molecular weight excluding hydrogens is 326 g/mol. The van der Waals surface area contributed by atoms with Crippen molar-refractivity contribution in [1.82, 2.24) is 15.3 Å². The second-order valence-corrected chi connectivity index (χ2v) is 6.83. The predicted molar refractivity (Wildman–Crippen MR) is 105 cm³/mol. The highest BCUT2D eigenvalue weighted by Crippen LogP contribution is 2.19. The number of aromatic nitrogens is 2. The average molecular weight is 353 g/mol. The minimum Gasteiger partial charge on any atom is -0.356 e. The van der Waals surface area contributed by atoms with E-state index in [1.54, 1.807) is 0 Å². The number of carbonyl (C=O) groups is 1. The van der Waals surface area contributed by atoms with Gasteiger partial charge in [-0.3, -0.25) is 4.79 Å². The van der Waals surface area contributed by atoms with E-state index in [1.165, 1.54) is 18.4 Å². The van der Waals surface area contributed by atoms with Gasteiger partial charge in [-0.15, -0.1) is 0 Å². The number of carbonyl (C=O) groups excluding carboxylic acids is 1. The fourth-order valence-electron chi connectivity index (χ4n) is 3.19. The Kier molecular flexibility index (Phi) is 6.04. The third-order valence-electron chi connectivity index (χ3n) is 4.45. The Labute approximate surface area is 155 Å². The van der Waals surface area contributed by atoms with E-state index >= 15 is 0 Å². The number of anilines is 2. The van der Waals surface area contributed by atoms with Crippen LogP contribution in [0.1, 0.15) is 29.7 Å². The van der Waals surface area contributed by atoms with Crippen LogP contribution in [0.25, 0.3) is 0 Å². The summed E-state index contributed by atoms with van der Waals surface area (Å²) in [5.41, 5.74) is 3.16. The lowest BCUT2D eigenvalue weighted by molar-refractivity contribution is -0.120. The van der Waals surface area contributed by atoms with E-state index in [-0.39, 0.29) is 5.91 Å². The van der Waals surface area contributed by atoms with Crippen molar-refractivity contribution < 1.29 is 4.79 Å². The van der Waals surface area contributed by atoms with Crippen LogP contribution in [0.4, 0.5) is 11.8 Å². The quantitative estimate of drug-likeness (QED) is 0.749. The van der Waals surface area contributed by atoms with Gasteiger partial charge < -0.3 is 15.5 Å². The first-order valence-corrected chi connectivity index (χ1v) is 9.27. The first-order valence-electron chi connectivity index (χ1n) is 9.27. The molecule has 1 saturated heterocycles. The highest BCUT2D eigenvalue weighted by Gasteiger charge is 2.15. The molecule has 1 amide bonds. The van der Waals surface area contributed by atoms with Gasteiger partial charge in [-0.25, -0.2) is 4.98 Å². The molecule has 2 aromatic rings. The van der Waals surface area contributed by atoms with Gasteiger partial charge in [-0.05, 0) is 32.3 Å². The molecule has 1 aliphatic heterocycles. The molecule has 0 radical (unpaired) electrons. The molecule has 0 bridgehead atoms. The zero-order valence-electron chi connectivity index (χ0n) is 15.6. The van der Waals surface area contributed by atoms with Gasteiger partial charge >= 0.3 is 0 Å². The maximum Gasteiger partial charge on any atom is 0.224 e. The van der Waals surface area contributed by atoms with Gasteiger partial charge in [0.1, 0.15) is 5.82 Å². The molecule has 1 aliphatic rings. The third kappa shape index (κ3) is 5.18. The molecule has 26 heavy (non-hydrogen) atoms. The zero-order chi connectivity index (χ0) is 18.4. The van der Waals surface area contributed by atoms with Crippen LogP contribution in [0.15, 0.2) is 30.3 Å². The van der Waals surface area contributed by atoms with Crippen LogP contribution in [0.3, 0.4) is 0 Å². The molecule has 3 rings (SSSR count). The normalized spacial score (nSPS) is 13.7. The average Bonchev–Trinajstić information content (AvgIpc) is 3.13. The number of amides is 1. The van der Waals surface area contributed by atoms with Gasteiger partial charge in [0, 0.05) is 37.9 Å². The number of benzene rings is 1. The summed E-state index contributed by atoms with van der Waals surface area (Å²) in [6, 6.07) is 10.1. The summed E-state index contributed by atoms with van der Waals surface area (Å²) in [6.45, 7) is 7.28. The zero-order valence-corrected chi connectivity index (χ0v) is 15.6. The van der Waals surface area contributed by atoms with Crippen molar-refractivity contribution in [3.63, 3.8) is 0 Å². The molecule has 0 aliphatic carbocycles. The Morgan fingerprint density at radius 1 is 1.12 bits per heavy atom. The molecule has 6 heteroatoms. The topological polar surface area (TPSA) is 70.2 Å². The van der Waals surface area contributed by atoms with Crippen LogP contribution >= 0.6 is 0 Å². The van der Waals surface area contributed by atoms with Crippen molar-refractivity contribution in [1.29, 1.82) is 0 Å². The van der Waals surface area contributed by atoms with Gasteiger partial charge in [0.15, 0.2) is 0 Å². The van der Waals surface area contributed by atoms with E-state index in [1.807, 2.05) is 44.2 Å². The Hall–Kier alpha value is -2.63. The Bertz CT molecular complexity index is 756. The molecule has 0 unspecified atom stereocenters. The van der Waals surface area contributed by atoms with Gasteiger partial charge in [-0.2, -0.15) is 4.98 Å². The maximum absolute atomic E-state index is 12.0. The van der Waals surface area contributed by atoms with E-state index in [0.29, 0.717) is 25.5 Å². The number of nitrogens with one attached hydrogen (secondary N) is 2. The van der Waals surface area contributed by atoms with E-state index in [0.717, 1.165) is 30.2 Å². The molecule has 0 spiro atoms. The summed E-state index contributed by atoms with van der Waals surface area (Å²) < 4.78 is 0. The molecule has 1 aromatic heterocycles. The van der Waals surface area contributed by atoms with E-state index < -0.39 is 0 Å². The van der Waals surface area contributed by atoms with Crippen molar-refractivity contribution in [3.8, 4) is 0 Å². The molecule has 6 nitrogen and oxygen atoms in total. The fourth-order valence-corrected chi connectivity index (χ4v) is 3.19. The molecule has 1 fully saturated rings. The van der Waals surface area contributed by atoms with Crippen molar-refractivity contribution in [2.75, 3.05) is 36.4 Å². The number of aryl methyl sites for hydroxylation is 2.